The fraction of sp³-hybridized carbons (Fsp3) is 0.182. The molecule has 6 nitrogen and oxygen atoms in total. The van der Waals surface area contributed by atoms with Gasteiger partial charge in [0, 0.05) is 11.5 Å². The number of benzene rings is 1. The molecule has 0 aliphatic rings. The maximum absolute atomic E-state index is 6.09. The zero-order valence-corrected chi connectivity index (χ0v) is 12.6. The van der Waals surface area contributed by atoms with Crippen molar-refractivity contribution < 1.29 is 4.74 Å². The molecule has 0 unspecified atom stereocenters. The number of methoxy groups -OCH3 is 1. The van der Waals surface area contributed by atoms with Gasteiger partial charge in [-0.25, -0.2) is 0 Å². The summed E-state index contributed by atoms with van der Waals surface area (Å²) >= 11 is 9.47. The van der Waals surface area contributed by atoms with Gasteiger partial charge in [0.2, 0.25) is 11.9 Å². The molecule has 0 atom stereocenters. The van der Waals surface area contributed by atoms with E-state index in [0.717, 1.165) is 4.47 Å². The van der Waals surface area contributed by atoms with Crippen molar-refractivity contribution in [2.75, 3.05) is 24.8 Å². The second-order valence-electron chi connectivity index (χ2n) is 3.47. The summed E-state index contributed by atoms with van der Waals surface area (Å²) in [5, 5.41) is 6.41. The number of ether oxygens (including phenoxy) is 1. The van der Waals surface area contributed by atoms with Crippen LogP contribution in [0.1, 0.15) is 0 Å². The molecule has 1 aromatic carbocycles. The molecule has 0 bridgehead atoms. The second-order valence-corrected chi connectivity index (χ2v) is 4.79. The van der Waals surface area contributed by atoms with E-state index in [9.17, 15) is 0 Å². The number of rotatable bonds is 4. The van der Waals surface area contributed by atoms with Crippen LogP contribution in [0, 0.1) is 0 Å². The van der Waals surface area contributed by atoms with E-state index in [-0.39, 0.29) is 6.01 Å². The van der Waals surface area contributed by atoms with Crippen LogP contribution >= 0.6 is 27.5 Å². The Balaban J connectivity index is 2.34. The first-order valence-electron chi connectivity index (χ1n) is 5.32. The van der Waals surface area contributed by atoms with Crippen molar-refractivity contribution in [2.45, 2.75) is 0 Å². The minimum atomic E-state index is 0.216. The van der Waals surface area contributed by atoms with Crippen molar-refractivity contribution in [1.29, 1.82) is 0 Å². The van der Waals surface area contributed by atoms with E-state index in [1.807, 2.05) is 12.1 Å². The number of nitrogens with zero attached hydrogens (tertiary/aromatic N) is 3. The summed E-state index contributed by atoms with van der Waals surface area (Å²) in [6, 6.07) is 5.66. The van der Waals surface area contributed by atoms with E-state index in [2.05, 4.69) is 41.5 Å². The van der Waals surface area contributed by atoms with Gasteiger partial charge < -0.3 is 15.4 Å². The molecule has 0 amide bonds. The van der Waals surface area contributed by atoms with Gasteiger partial charge in [-0.3, -0.25) is 0 Å². The maximum Gasteiger partial charge on any atom is 0.322 e. The van der Waals surface area contributed by atoms with Crippen molar-refractivity contribution in [3.8, 4) is 6.01 Å². The normalized spacial score (nSPS) is 10.1. The Morgan fingerprint density at radius 1 is 1.21 bits per heavy atom. The lowest BCUT2D eigenvalue weighted by Gasteiger charge is -2.09. The highest BCUT2D eigenvalue weighted by atomic mass is 79.9. The Hall–Kier alpha value is -1.60. The lowest BCUT2D eigenvalue weighted by molar-refractivity contribution is 0.379. The highest BCUT2D eigenvalue weighted by Crippen LogP contribution is 2.28. The summed E-state index contributed by atoms with van der Waals surface area (Å²) in [6.45, 7) is 0. The Morgan fingerprint density at radius 2 is 1.95 bits per heavy atom. The zero-order chi connectivity index (χ0) is 13.8. The standard InChI is InChI=1S/C11H11BrClN5O/c1-14-9-16-10(18-11(17-9)19-2)15-8-5-6(12)3-4-7(8)13/h3-5H,1-2H3,(H2,14,15,16,17,18). The predicted octanol–water partition coefficient (Wildman–Crippen LogP) is 3.08. The van der Waals surface area contributed by atoms with Gasteiger partial charge in [-0.15, -0.1) is 0 Å². The van der Waals surface area contributed by atoms with E-state index >= 15 is 0 Å². The number of aromatic nitrogens is 3. The van der Waals surface area contributed by atoms with Gasteiger partial charge in [0.25, 0.3) is 0 Å². The van der Waals surface area contributed by atoms with Crippen molar-refractivity contribution in [1.82, 2.24) is 15.0 Å². The molecule has 1 aromatic heterocycles. The van der Waals surface area contributed by atoms with E-state index in [4.69, 9.17) is 16.3 Å². The molecule has 0 saturated heterocycles. The minimum absolute atomic E-state index is 0.216. The van der Waals surface area contributed by atoms with Gasteiger partial charge in [0.15, 0.2) is 0 Å². The van der Waals surface area contributed by atoms with Gasteiger partial charge in [-0.2, -0.15) is 15.0 Å². The molecule has 8 heteroatoms. The van der Waals surface area contributed by atoms with Crippen molar-refractivity contribution >= 4 is 45.1 Å². The third-order valence-corrected chi connectivity index (χ3v) is 3.02. The predicted molar refractivity (Wildman–Crippen MR) is 78.4 cm³/mol. The van der Waals surface area contributed by atoms with Crippen LogP contribution < -0.4 is 15.4 Å². The smallest absolute Gasteiger partial charge is 0.322 e. The summed E-state index contributed by atoms with van der Waals surface area (Å²) in [6.07, 6.45) is 0. The first-order valence-corrected chi connectivity index (χ1v) is 6.49. The Kier molecular flexibility index (Phi) is 4.39. The summed E-state index contributed by atoms with van der Waals surface area (Å²) in [4.78, 5) is 12.3. The number of anilines is 3. The number of hydrogen-bond donors (Lipinski definition) is 2. The molecule has 0 spiro atoms. The molecule has 100 valence electrons. The highest BCUT2D eigenvalue weighted by molar-refractivity contribution is 9.10. The quantitative estimate of drug-likeness (QED) is 0.888. The van der Waals surface area contributed by atoms with Crippen LogP contribution in [-0.2, 0) is 0 Å². The van der Waals surface area contributed by atoms with Crippen LogP contribution in [0.2, 0.25) is 5.02 Å². The van der Waals surface area contributed by atoms with Crippen LogP contribution in [0.15, 0.2) is 22.7 Å². The van der Waals surface area contributed by atoms with Gasteiger partial charge in [-0.05, 0) is 18.2 Å². The van der Waals surface area contributed by atoms with Gasteiger partial charge in [0.1, 0.15) is 0 Å². The van der Waals surface area contributed by atoms with Gasteiger partial charge >= 0.3 is 6.01 Å². The molecule has 0 fully saturated rings. The average Bonchev–Trinajstić information content (AvgIpc) is 2.42. The fourth-order valence-electron chi connectivity index (χ4n) is 1.33. The number of halogens is 2. The SMILES string of the molecule is CNc1nc(Nc2cc(Br)ccc2Cl)nc(OC)n1. The lowest BCUT2D eigenvalue weighted by Crippen LogP contribution is -2.05. The van der Waals surface area contributed by atoms with Gasteiger partial charge in [-0.1, -0.05) is 27.5 Å². The van der Waals surface area contributed by atoms with Crippen molar-refractivity contribution in [3.63, 3.8) is 0 Å². The fourth-order valence-corrected chi connectivity index (χ4v) is 1.86. The molecule has 2 N–H and O–H groups in total. The molecule has 1 heterocycles. The molecule has 0 radical (unpaired) electrons. The maximum atomic E-state index is 6.09. The molecule has 0 aliphatic heterocycles. The van der Waals surface area contributed by atoms with E-state index < -0.39 is 0 Å². The average molecular weight is 345 g/mol. The summed E-state index contributed by atoms with van der Waals surface area (Å²) < 4.78 is 5.90. The van der Waals surface area contributed by atoms with Crippen LogP contribution in [0.25, 0.3) is 0 Å². The largest absolute Gasteiger partial charge is 0.467 e. The molecule has 19 heavy (non-hydrogen) atoms. The Morgan fingerprint density at radius 3 is 2.63 bits per heavy atom. The number of nitrogens with one attached hydrogen (secondary N) is 2. The van der Waals surface area contributed by atoms with Crippen LogP contribution in [0.3, 0.4) is 0 Å². The third-order valence-electron chi connectivity index (χ3n) is 2.20. The summed E-state index contributed by atoms with van der Waals surface area (Å²) in [7, 11) is 3.20. The van der Waals surface area contributed by atoms with Crippen molar-refractivity contribution in [3.05, 3.63) is 27.7 Å². The molecular weight excluding hydrogens is 334 g/mol. The summed E-state index contributed by atoms with van der Waals surface area (Å²) in [5.41, 5.74) is 0.686. The number of hydrogen-bond acceptors (Lipinski definition) is 6. The topological polar surface area (TPSA) is 72.0 Å². The Labute approximate surface area is 123 Å². The van der Waals surface area contributed by atoms with E-state index in [1.54, 1.807) is 13.1 Å². The highest BCUT2D eigenvalue weighted by Gasteiger charge is 2.08. The monoisotopic (exact) mass is 343 g/mol. The zero-order valence-electron chi connectivity index (χ0n) is 10.2. The van der Waals surface area contributed by atoms with Crippen LogP contribution in [0.5, 0.6) is 6.01 Å². The van der Waals surface area contributed by atoms with E-state index in [0.29, 0.717) is 22.6 Å². The molecule has 2 rings (SSSR count). The summed E-state index contributed by atoms with van der Waals surface area (Å²) in [5.74, 6) is 0.747. The van der Waals surface area contributed by atoms with Gasteiger partial charge in [0.05, 0.1) is 17.8 Å². The van der Waals surface area contributed by atoms with Crippen LogP contribution in [-0.4, -0.2) is 29.1 Å². The second kappa shape index (κ2) is 6.03. The van der Waals surface area contributed by atoms with Crippen LogP contribution in [0.4, 0.5) is 17.6 Å². The third kappa shape index (κ3) is 3.45. The first kappa shape index (κ1) is 13.8. The molecular formula is C11H11BrClN5O. The molecule has 2 aromatic rings. The minimum Gasteiger partial charge on any atom is -0.467 e. The molecule has 0 saturated carbocycles. The lowest BCUT2D eigenvalue weighted by atomic mass is 10.3. The van der Waals surface area contributed by atoms with Crippen molar-refractivity contribution in [2.24, 2.45) is 0 Å². The Bertz CT molecular complexity index is 573. The first-order chi connectivity index (χ1) is 9.12. The molecule has 0 aliphatic carbocycles. The van der Waals surface area contributed by atoms with E-state index in [1.165, 1.54) is 7.11 Å².